The van der Waals surface area contributed by atoms with Gasteiger partial charge in [-0.3, -0.25) is 9.69 Å². The maximum absolute atomic E-state index is 12.1. The van der Waals surface area contributed by atoms with Crippen molar-refractivity contribution in [3.8, 4) is 0 Å². The van der Waals surface area contributed by atoms with Crippen molar-refractivity contribution in [2.75, 3.05) is 11.4 Å². The highest BCUT2D eigenvalue weighted by atomic mass is 16.5. The molecule has 2 aromatic heterocycles. The molecule has 0 fully saturated rings. The molecule has 0 N–H and O–H groups in total. The van der Waals surface area contributed by atoms with Gasteiger partial charge in [0.1, 0.15) is 12.1 Å². The molecule has 0 aromatic carbocycles. The van der Waals surface area contributed by atoms with Crippen LogP contribution in [0.2, 0.25) is 0 Å². The fourth-order valence-electron chi connectivity index (χ4n) is 1.89. The molecule has 0 radical (unpaired) electrons. The first kappa shape index (κ1) is 9.14. The monoisotopic (exact) mass is 218 g/mol. The fourth-order valence-corrected chi connectivity index (χ4v) is 1.89. The van der Waals surface area contributed by atoms with Crippen molar-refractivity contribution in [1.82, 2.24) is 14.9 Å². The number of anilines is 1. The van der Waals surface area contributed by atoms with Crippen molar-refractivity contribution in [2.45, 2.75) is 13.0 Å². The predicted octanol–water partition coefficient (Wildman–Crippen LogP) is 0.922. The number of rotatable bonds is 1. The molecule has 1 aliphatic rings. The van der Waals surface area contributed by atoms with E-state index in [0.29, 0.717) is 12.2 Å². The van der Waals surface area contributed by atoms with E-state index in [9.17, 15) is 4.79 Å². The molecule has 0 spiro atoms. The number of nitrogens with zero attached hydrogens (tertiary/aromatic N) is 4. The number of carbonyl (C=O) groups excluding carboxylic acids is 1. The highest BCUT2D eigenvalue weighted by Gasteiger charge is 2.25. The van der Waals surface area contributed by atoms with Crippen molar-refractivity contribution in [1.29, 1.82) is 0 Å². The third kappa shape index (κ3) is 1.30. The molecule has 0 aliphatic carbocycles. The lowest BCUT2D eigenvalue weighted by molar-refractivity contribution is 0.0972. The van der Waals surface area contributed by atoms with Gasteiger partial charge in [0.15, 0.2) is 5.69 Å². The maximum Gasteiger partial charge on any atom is 0.281 e. The fraction of sp³-hybridized carbons (Fsp3) is 0.300. The minimum Gasteiger partial charge on any atom is -0.364 e. The van der Waals surface area contributed by atoms with Crippen molar-refractivity contribution in [2.24, 2.45) is 0 Å². The van der Waals surface area contributed by atoms with Gasteiger partial charge >= 0.3 is 0 Å². The van der Waals surface area contributed by atoms with E-state index in [-0.39, 0.29) is 5.91 Å². The number of fused-ring (bicyclic) bond motifs is 1. The zero-order valence-electron chi connectivity index (χ0n) is 8.54. The van der Waals surface area contributed by atoms with Crippen molar-refractivity contribution >= 4 is 11.7 Å². The number of amides is 1. The number of hydrogen-bond donors (Lipinski definition) is 0. The van der Waals surface area contributed by atoms with Gasteiger partial charge in [0.2, 0.25) is 0 Å². The van der Waals surface area contributed by atoms with E-state index in [0.717, 1.165) is 18.8 Å². The molecule has 2 aromatic rings. The quantitative estimate of drug-likeness (QED) is 0.714. The Bertz CT molecular complexity index is 503. The average molecular weight is 218 g/mol. The summed E-state index contributed by atoms with van der Waals surface area (Å²) >= 11 is 0. The topological polar surface area (TPSA) is 64.2 Å². The molecular weight excluding hydrogens is 208 g/mol. The van der Waals surface area contributed by atoms with Crippen LogP contribution in [0.4, 0.5) is 5.82 Å². The van der Waals surface area contributed by atoms with Crippen LogP contribution in [0, 0.1) is 0 Å². The van der Waals surface area contributed by atoms with Gasteiger partial charge in [0.25, 0.3) is 5.91 Å². The second-order valence-corrected chi connectivity index (χ2v) is 3.61. The van der Waals surface area contributed by atoms with Crippen molar-refractivity contribution in [3.63, 3.8) is 0 Å². The van der Waals surface area contributed by atoms with Crippen molar-refractivity contribution < 1.29 is 9.32 Å². The van der Waals surface area contributed by atoms with E-state index >= 15 is 0 Å². The zero-order chi connectivity index (χ0) is 11.0. The Hall–Kier alpha value is -2.11. The van der Waals surface area contributed by atoms with Crippen LogP contribution in [0.15, 0.2) is 29.1 Å². The molecule has 1 aliphatic heterocycles. The second-order valence-electron chi connectivity index (χ2n) is 3.61. The van der Waals surface area contributed by atoms with E-state index in [1.165, 1.54) is 6.26 Å². The Labute approximate surface area is 91.4 Å². The van der Waals surface area contributed by atoms with Crippen LogP contribution in [-0.4, -0.2) is 27.4 Å². The Morgan fingerprint density at radius 3 is 3.12 bits per heavy atom. The normalized spacial score (nSPS) is 14.9. The number of aromatic nitrogens is 3. The lowest BCUT2D eigenvalue weighted by atomic mass is 10.2. The van der Waals surface area contributed by atoms with Crippen LogP contribution in [0.25, 0.3) is 0 Å². The molecule has 1 amide bonds. The zero-order valence-corrected chi connectivity index (χ0v) is 8.54. The first-order valence-electron chi connectivity index (χ1n) is 5.10. The molecule has 6 nitrogen and oxygen atoms in total. The molecule has 82 valence electrons. The average Bonchev–Trinajstić information content (AvgIpc) is 2.98. The van der Waals surface area contributed by atoms with Crippen LogP contribution in [0.5, 0.6) is 0 Å². The Kier molecular flexibility index (Phi) is 1.99. The van der Waals surface area contributed by atoms with E-state index in [1.807, 2.05) is 10.7 Å². The summed E-state index contributed by atoms with van der Waals surface area (Å²) in [7, 11) is 0. The largest absolute Gasteiger partial charge is 0.364 e. The van der Waals surface area contributed by atoms with Crippen molar-refractivity contribution in [3.05, 3.63) is 30.3 Å². The highest BCUT2D eigenvalue weighted by Crippen LogP contribution is 2.21. The van der Waals surface area contributed by atoms with Gasteiger partial charge in [-0.1, -0.05) is 5.16 Å². The molecular formula is C10H10N4O2. The summed E-state index contributed by atoms with van der Waals surface area (Å²) in [6.07, 6.45) is 4.00. The summed E-state index contributed by atoms with van der Waals surface area (Å²) in [6, 6.07) is 3.40. The molecule has 0 saturated heterocycles. The van der Waals surface area contributed by atoms with Crippen LogP contribution < -0.4 is 4.90 Å². The minimum atomic E-state index is -0.143. The first-order valence-corrected chi connectivity index (χ1v) is 5.10. The van der Waals surface area contributed by atoms with Gasteiger partial charge in [-0.15, -0.1) is 0 Å². The van der Waals surface area contributed by atoms with E-state index < -0.39 is 0 Å². The van der Waals surface area contributed by atoms with E-state index in [4.69, 9.17) is 0 Å². The molecule has 0 saturated carbocycles. The Morgan fingerprint density at radius 1 is 1.38 bits per heavy atom. The van der Waals surface area contributed by atoms with Gasteiger partial charge < -0.3 is 4.52 Å². The molecule has 16 heavy (non-hydrogen) atoms. The summed E-state index contributed by atoms with van der Waals surface area (Å²) < 4.78 is 6.50. The summed E-state index contributed by atoms with van der Waals surface area (Å²) in [5, 5.41) is 7.80. The Morgan fingerprint density at radius 2 is 2.31 bits per heavy atom. The number of hydrogen-bond acceptors (Lipinski definition) is 4. The lowest BCUT2D eigenvalue weighted by Gasteiger charge is -2.26. The maximum atomic E-state index is 12.1. The van der Waals surface area contributed by atoms with Crippen LogP contribution in [0.3, 0.4) is 0 Å². The molecule has 3 heterocycles. The van der Waals surface area contributed by atoms with Gasteiger partial charge in [-0.25, -0.2) is 4.68 Å². The smallest absolute Gasteiger partial charge is 0.281 e. The third-order valence-electron chi connectivity index (χ3n) is 2.62. The third-order valence-corrected chi connectivity index (χ3v) is 2.62. The minimum absolute atomic E-state index is 0.143. The van der Waals surface area contributed by atoms with Crippen LogP contribution in [-0.2, 0) is 6.54 Å². The summed E-state index contributed by atoms with van der Waals surface area (Å²) in [5.74, 6) is 0.675. The van der Waals surface area contributed by atoms with Gasteiger partial charge in [0, 0.05) is 25.2 Å². The second kappa shape index (κ2) is 3.48. The summed E-state index contributed by atoms with van der Waals surface area (Å²) in [5.41, 5.74) is 0.328. The SMILES string of the molecule is O=C(c1ccon1)N1CCCn2nccc21. The number of aryl methyl sites for hydroxylation is 1. The molecule has 3 rings (SSSR count). The standard InChI is InChI=1S/C10H10N4O2/c15-10(8-3-7-16-12-8)13-5-1-6-14-9(13)2-4-11-14/h2-4,7H,1,5-6H2. The summed E-state index contributed by atoms with van der Waals surface area (Å²) in [4.78, 5) is 13.8. The van der Waals surface area contributed by atoms with Crippen LogP contribution in [0.1, 0.15) is 16.9 Å². The molecule has 0 unspecified atom stereocenters. The van der Waals surface area contributed by atoms with Crippen LogP contribution >= 0.6 is 0 Å². The molecule has 0 atom stereocenters. The van der Waals surface area contributed by atoms with E-state index in [2.05, 4.69) is 14.8 Å². The first-order chi connectivity index (χ1) is 7.86. The summed E-state index contributed by atoms with van der Waals surface area (Å²) in [6.45, 7) is 1.54. The lowest BCUT2D eigenvalue weighted by Crippen LogP contribution is -2.37. The predicted molar refractivity (Wildman–Crippen MR) is 55.0 cm³/mol. The highest BCUT2D eigenvalue weighted by molar-refractivity contribution is 6.04. The Balaban J connectivity index is 1.96. The number of carbonyl (C=O) groups is 1. The molecule has 6 heteroatoms. The van der Waals surface area contributed by atoms with Gasteiger partial charge in [-0.2, -0.15) is 5.10 Å². The molecule has 0 bridgehead atoms. The van der Waals surface area contributed by atoms with E-state index in [1.54, 1.807) is 17.2 Å². The van der Waals surface area contributed by atoms with Gasteiger partial charge in [0.05, 0.1) is 6.20 Å². The van der Waals surface area contributed by atoms with Gasteiger partial charge in [-0.05, 0) is 6.42 Å².